The van der Waals surface area contributed by atoms with Crippen LogP contribution < -0.4 is 10.1 Å². The zero-order valence-corrected chi connectivity index (χ0v) is 9.12. The van der Waals surface area contributed by atoms with Crippen LogP contribution in [0.1, 0.15) is 12.0 Å². The lowest BCUT2D eigenvalue weighted by atomic mass is 10.0. The van der Waals surface area contributed by atoms with Gasteiger partial charge in [0.05, 0.1) is 7.11 Å². The Balaban J connectivity index is 1.96. The average molecular weight is 203 g/mol. The molecule has 1 saturated heterocycles. The Kier molecular flexibility index (Phi) is 3.07. The summed E-state index contributed by atoms with van der Waals surface area (Å²) in [6, 6.07) is 8.84. The highest BCUT2D eigenvalue weighted by Gasteiger charge is 2.16. The van der Waals surface area contributed by atoms with Crippen molar-refractivity contribution in [3.8, 4) is 5.75 Å². The van der Waals surface area contributed by atoms with Gasteiger partial charge in [-0.15, -0.1) is 0 Å². The Morgan fingerprint density at radius 2 is 2.13 bits per heavy atom. The standard InChI is InChI=1S/C13H17NO/c1-10-7-12(14-9-10)8-11-3-5-13(15-2)6-4-11/h3-6,12,14H,1,7-9H2,2H3/t12-/m0/s1. The molecule has 1 aliphatic heterocycles. The van der Waals surface area contributed by atoms with E-state index in [1.165, 1.54) is 11.1 Å². The van der Waals surface area contributed by atoms with Crippen molar-refractivity contribution < 1.29 is 4.74 Å². The molecule has 1 N–H and O–H groups in total. The van der Waals surface area contributed by atoms with Crippen molar-refractivity contribution in [1.82, 2.24) is 5.32 Å². The summed E-state index contributed by atoms with van der Waals surface area (Å²) in [7, 11) is 1.69. The number of methoxy groups -OCH3 is 1. The average Bonchev–Trinajstić information content (AvgIpc) is 2.65. The van der Waals surface area contributed by atoms with Gasteiger partial charge in [-0.05, 0) is 30.5 Å². The molecule has 0 radical (unpaired) electrons. The highest BCUT2D eigenvalue weighted by Crippen LogP contribution is 2.17. The molecule has 0 aliphatic carbocycles. The van der Waals surface area contributed by atoms with Crippen LogP contribution in [0.3, 0.4) is 0 Å². The Morgan fingerprint density at radius 3 is 2.67 bits per heavy atom. The van der Waals surface area contributed by atoms with Gasteiger partial charge in [-0.25, -0.2) is 0 Å². The Morgan fingerprint density at radius 1 is 1.40 bits per heavy atom. The van der Waals surface area contributed by atoms with Crippen molar-refractivity contribution in [1.29, 1.82) is 0 Å². The number of benzene rings is 1. The van der Waals surface area contributed by atoms with E-state index < -0.39 is 0 Å². The molecule has 1 aliphatic rings. The molecular formula is C13H17NO. The predicted octanol–water partition coefficient (Wildman–Crippen LogP) is 2.16. The minimum atomic E-state index is 0.561. The predicted molar refractivity (Wildman–Crippen MR) is 62.2 cm³/mol. The minimum Gasteiger partial charge on any atom is -0.497 e. The summed E-state index contributed by atoms with van der Waals surface area (Å²) in [4.78, 5) is 0. The van der Waals surface area contributed by atoms with Crippen LogP contribution >= 0.6 is 0 Å². The van der Waals surface area contributed by atoms with E-state index in [2.05, 4.69) is 24.0 Å². The van der Waals surface area contributed by atoms with E-state index in [4.69, 9.17) is 4.74 Å². The third-order valence-electron chi connectivity index (χ3n) is 2.82. The zero-order valence-electron chi connectivity index (χ0n) is 9.12. The van der Waals surface area contributed by atoms with Crippen molar-refractivity contribution >= 4 is 0 Å². The molecule has 0 bridgehead atoms. The monoisotopic (exact) mass is 203 g/mol. The summed E-state index contributed by atoms with van der Waals surface area (Å²) < 4.78 is 5.13. The molecule has 15 heavy (non-hydrogen) atoms. The summed E-state index contributed by atoms with van der Waals surface area (Å²) in [5.41, 5.74) is 2.66. The summed E-state index contributed by atoms with van der Waals surface area (Å²) in [6.45, 7) is 4.96. The molecule has 1 fully saturated rings. The maximum atomic E-state index is 5.13. The van der Waals surface area contributed by atoms with Gasteiger partial charge in [0.1, 0.15) is 5.75 Å². The molecular weight excluding hydrogens is 186 g/mol. The smallest absolute Gasteiger partial charge is 0.118 e. The molecule has 0 spiro atoms. The van der Waals surface area contributed by atoms with E-state index in [-0.39, 0.29) is 0 Å². The number of hydrogen-bond donors (Lipinski definition) is 1. The number of rotatable bonds is 3. The van der Waals surface area contributed by atoms with Crippen molar-refractivity contribution in [2.45, 2.75) is 18.9 Å². The first kappa shape index (κ1) is 10.2. The van der Waals surface area contributed by atoms with Crippen LogP contribution in [0.15, 0.2) is 36.4 Å². The first-order chi connectivity index (χ1) is 7.28. The van der Waals surface area contributed by atoms with Gasteiger partial charge in [0.15, 0.2) is 0 Å². The number of hydrogen-bond acceptors (Lipinski definition) is 2. The second-order valence-corrected chi connectivity index (χ2v) is 4.08. The maximum Gasteiger partial charge on any atom is 0.118 e. The topological polar surface area (TPSA) is 21.3 Å². The summed E-state index contributed by atoms with van der Waals surface area (Å²) in [6.07, 6.45) is 2.18. The molecule has 2 heteroatoms. The lowest BCUT2D eigenvalue weighted by Crippen LogP contribution is -2.23. The van der Waals surface area contributed by atoms with E-state index in [1.54, 1.807) is 7.11 Å². The van der Waals surface area contributed by atoms with E-state index in [0.717, 1.165) is 25.1 Å². The van der Waals surface area contributed by atoms with Crippen LogP contribution in [-0.4, -0.2) is 19.7 Å². The third-order valence-corrected chi connectivity index (χ3v) is 2.82. The van der Waals surface area contributed by atoms with Gasteiger partial charge in [-0.2, -0.15) is 0 Å². The Hall–Kier alpha value is -1.28. The molecule has 0 aromatic heterocycles. The van der Waals surface area contributed by atoms with Crippen LogP contribution in [0, 0.1) is 0 Å². The van der Waals surface area contributed by atoms with Crippen molar-refractivity contribution in [3.05, 3.63) is 42.0 Å². The molecule has 80 valence electrons. The fraction of sp³-hybridized carbons (Fsp3) is 0.385. The van der Waals surface area contributed by atoms with Gasteiger partial charge in [0.2, 0.25) is 0 Å². The SMILES string of the molecule is C=C1CN[C@H](Cc2ccc(OC)cc2)C1. The van der Waals surface area contributed by atoms with Crippen molar-refractivity contribution in [2.75, 3.05) is 13.7 Å². The number of nitrogens with one attached hydrogen (secondary N) is 1. The molecule has 2 rings (SSSR count). The van der Waals surface area contributed by atoms with Gasteiger partial charge in [-0.3, -0.25) is 0 Å². The zero-order chi connectivity index (χ0) is 10.7. The second-order valence-electron chi connectivity index (χ2n) is 4.08. The van der Waals surface area contributed by atoms with E-state index in [9.17, 15) is 0 Å². The van der Waals surface area contributed by atoms with Crippen LogP contribution in [-0.2, 0) is 6.42 Å². The van der Waals surface area contributed by atoms with E-state index in [0.29, 0.717) is 6.04 Å². The van der Waals surface area contributed by atoms with Gasteiger partial charge in [-0.1, -0.05) is 24.3 Å². The molecule has 1 atom stereocenters. The fourth-order valence-corrected chi connectivity index (χ4v) is 1.97. The second kappa shape index (κ2) is 4.49. The summed E-state index contributed by atoms with van der Waals surface area (Å²) in [5, 5.41) is 3.45. The number of ether oxygens (including phenoxy) is 1. The van der Waals surface area contributed by atoms with Gasteiger partial charge < -0.3 is 10.1 Å². The summed E-state index contributed by atoms with van der Waals surface area (Å²) in [5.74, 6) is 0.919. The van der Waals surface area contributed by atoms with Crippen molar-refractivity contribution in [2.24, 2.45) is 0 Å². The first-order valence-corrected chi connectivity index (χ1v) is 5.31. The molecule has 1 heterocycles. The highest BCUT2D eigenvalue weighted by molar-refractivity contribution is 5.28. The largest absolute Gasteiger partial charge is 0.497 e. The highest BCUT2D eigenvalue weighted by atomic mass is 16.5. The van der Waals surface area contributed by atoms with Crippen molar-refractivity contribution in [3.63, 3.8) is 0 Å². The molecule has 0 amide bonds. The van der Waals surface area contributed by atoms with E-state index >= 15 is 0 Å². The molecule has 1 aromatic carbocycles. The van der Waals surface area contributed by atoms with E-state index in [1.807, 2.05) is 12.1 Å². The lowest BCUT2D eigenvalue weighted by Gasteiger charge is -2.09. The molecule has 2 nitrogen and oxygen atoms in total. The van der Waals surface area contributed by atoms with Crippen LogP contribution in [0.2, 0.25) is 0 Å². The Labute approximate surface area is 91.0 Å². The van der Waals surface area contributed by atoms with Crippen LogP contribution in [0.25, 0.3) is 0 Å². The normalized spacial score (nSPS) is 20.6. The molecule has 0 unspecified atom stereocenters. The minimum absolute atomic E-state index is 0.561. The van der Waals surface area contributed by atoms with Gasteiger partial charge in [0, 0.05) is 12.6 Å². The van der Waals surface area contributed by atoms with Crippen LogP contribution in [0.4, 0.5) is 0 Å². The third kappa shape index (κ3) is 2.60. The molecule has 1 aromatic rings. The lowest BCUT2D eigenvalue weighted by molar-refractivity contribution is 0.414. The maximum absolute atomic E-state index is 5.13. The van der Waals surface area contributed by atoms with Crippen LogP contribution in [0.5, 0.6) is 5.75 Å². The quantitative estimate of drug-likeness (QED) is 0.760. The fourth-order valence-electron chi connectivity index (χ4n) is 1.97. The Bertz CT molecular complexity index is 342. The molecule has 0 saturated carbocycles. The van der Waals surface area contributed by atoms with Gasteiger partial charge >= 0.3 is 0 Å². The van der Waals surface area contributed by atoms with Gasteiger partial charge in [0.25, 0.3) is 0 Å². The first-order valence-electron chi connectivity index (χ1n) is 5.31. The summed E-state index contributed by atoms with van der Waals surface area (Å²) >= 11 is 0.